The number of benzene rings is 2. The van der Waals surface area contributed by atoms with Crippen LogP contribution in [0.15, 0.2) is 46.9 Å². The number of rotatable bonds is 3. The predicted octanol–water partition coefficient (Wildman–Crippen LogP) is 4.73. The number of carbonyl (C=O) groups excluding carboxylic acids is 1. The molecule has 0 saturated heterocycles. The summed E-state index contributed by atoms with van der Waals surface area (Å²) in [7, 11) is 0. The third-order valence-electron chi connectivity index (χ3n) is 3.76. The van der Waals surface area contributed by atoms with Crippen LogP contribution in [0.25, 0.3) is 10.9 Å². The Hall–Kier alpha value is -2.07. The summed E-state index contributed by atoms with van der Waals surface area (Å²) >= 11 is 3.49. The third-order valence-corrected chi connectivity index (χ3v) is 4.42. The lowest BCUT2D eigenvalue weighted by atomic mass is 10.1. The highest BCUT2D eigenvalue weighted by molar-refractivity contribution is 9.10. The summed E-state index contributed by atoms with van der Waals surface area (Å²) in [5.74, 6) is -0.0163. The summed E-state index contributed by atoms with van der Waals surface area (Å²) < 4.78 is 0.900. The van der Waals surface area contributed by atoms with Gasteiger partial charge >= 0.3 is 0 Å². The van der Waals surface area contributed by atoms with E-state index in [-0.39, 0.29) is 5.91 Å². The number of halogens is 1. The smallest absolute Gasteiger partial charge is 0.228 e. The molecule has 22 heavy (non-hydrogen) atoms. The first kappa shape index (κ1) is 14.9. The van der Waals surface area contributed by atoms with Crippen molar-refractivity contribution in [1.29, 1.82) is 0 Å². The van der Waals surface area contributed by atoms with Crippen LogP contribution in [-0.4, -0.2) is 10.9 Å². The van der Waals surface area contributed by atoms with Gasteiger partial charge in [0.1, 0.15) is 0 Å². The highest BCUT2D eigenvalue weighted by atomic mass is 79.9. The quantitative estimate of drug-likeness (QED) is 0.699. The van der Waals surface area contributed by atoms with E-state index in [4.69, 9.17) is 0 Å². The number of H-pyrrole nitrogens is 1. The Morgan fingerprint density at radius 1 is 1.18 bits per heavy atom. The minimum atomic E-state index is -0.0163. The number of amides is 1. The van der Waals surface area contributed by atoms with E-state index in [2.05, 4.69) is 26.2 Å². The zero-order valence-electron chi connectivity index (χ0n) is 12.5. The van der Waals surface area contributed by atoms with Crippen molar-refractivity contribution in [2.45, 2.75) is 20.3 Å². The monoisotopic (exact) mass is 356 g/mol. The van der Waals surface area contributed by atoms with Crippen molar-refractivity contribution in [3.05, 3.63) is 63.8 Å². The molecule has 3 aromatic rings. The van der Waals surface area contributed by atoms with Gasteiger partial charge in [0.25, 0.3) is 0 Å². The molecule has 2 aromatic carbocycles. The maximum absolute atomic E-state index is 12.4. The van der Waals surface area contributed by atoms with E-state index in [1.165, 1.54) is 0 Å². The maximum Gasteiger partial charge on any atom is 0.228 e. The molecular weight excluding hydrogens is 340 g/mol. The van der Waals surface area contributed by atoms with E-state index in [0.29, 0.717) is 6.42 Å². The number of aromatic amines is 1. The lowest BCUT2D eigenvalue weighted by Gasteiger charge is -2.08. The van der Waals surface area contributed by atoms with Crippen molar-refractivity contribution in [2.75, 3.05) is 5.32 Å². The Labute approximate surface area is 137 Å². The SMILES string of the molecule is Cc1ccc(NC(=O)Cc2c(C)[nH]c3ccccc23)c(Br)c1. The highest BCUT2D eigenvalue weighted by Crippen LogP contribution is 2.25. The number of aromatic nitrogens is 1. The van der Waals surface area contributed by atoms with E-state index in [1.807, 2.05) is 56.3 Å². The molecule has 4 heteroatoms. The second-order valence-electron chi connectivity index (χ2n) is 5.48. The predicted molar refractivity (Wildman–Crippen MR) is 94.2 cm³/mol. The standard InChI is InChI=1S/C18H17BrN2O/c1-11-7-8-17(15(19)9-11)21-18(22)10-14-12(2)20-16-6-4-3-5-13(14)16/h3-9,20H,10H2,1-2H3,(H,21,22). The van der Waals surface area contributed by atoms with Crippen LogP contribution in [0, 0.1) is 13.8 Å². The van der Waals surface area contributed by atoms with Gasteiger partial charge in [0.15, 0.2) is 0 Å². The number of nitrogens with one attached hydrogen (secondary N) is 2. The Bertz CT molecular complexity index is 851. The van der Waals surface area contributed by atoms with Crippen LogP contribution in [0.1, 0.15) is 16.8 Å². The Morgan fingerprint density at radius 3 is 2.73 bits per heavy atom. The first-order valence-electron chi connectivity index (χ1n) is 7.17. The molecule has 2 N–H and O–H groups in total. The van der Waals surface area contributed by atoms with E-state index in [9.17, 15) is 4.79 Å². The van der Waals surface area contributed by atoms with Crippen molar-refractivity contribution in [2.24, 2.45) is 0 Å². The number of fused-ring (bicyclic) bond motifs is 1. The zero-order valence-corrected chi connectivity index (χ0v) is 14.1. The summed E-state index contributed by atoms with van der Waals surface area (Å²) in [5.41, 5.74) is 5.11. The number of para-hydroxylation sites is 1. The average molecular weight is 357 g/mol. The Morgan fingerprint density at radius 2 is 1.95 bits per heavy atom. The number of aryl methyl sites for hydroxylation is 2. The van der Waals surface area contributed by atoms with Gasteiger partial charge in [0, 0.05) is 21.1 Å². The van der Waals surface area contributed by atoms with E-state index < -0.39 is 0 Å². The molecule has 0 fully saturated rings. The van der Waals surface area contributed by atoms with Gasteiger partial charge in [-0.3, -0.25) is 4.79 Å². The molecule has 0 aliphatic carbocycles. The van der Waals surface area contributed by atoms with Crippen LogP contribution in [0.4, 0.5) is 5.69 Å². The van der Waals surface area contributed by atoms with Crippen molar-refractivity contribution in [3.63, 3.8) is 0 Å². The van der Waals surface area contributed by atoms with Gasteiger partial charge in [-0.15, -0.1) is 0 Å². The van der Waals surface area contributed by atoms with Gasteiger partial charge in [-0.25, -0.2) is 0 Å². The first-order valence-corrected chi connectivity index (χ1v) is 7.96. The fraction of sp³-hybridized carbons (Fsp3) is 0.167. The molecule has 0 radical (unpaired) electrons. The van der Waals surface area contributed by atoms with E-state index in [0.717, 1.165) is 37.9 Å². The first-order chi connectivity index (χ1) is 10.5. The van der Waals surface area contributed by atoms with Gasteiger partial charge < -0.3 is 10.3 Å². The normalized spacial score (nSPS) is 10.9. The number of carbonyl (C=O) groups is 1. The van der Waals surface area contributed by atoms with Crippen LogP contribution in [0.3, 0.4) is 0 Å². The van der Waals surface area contributed by atoms with Gasteiger partial charge in [0.2, 0.25) is 5.91 Å². The van der Waals surface area contributed by atoms with Crippen LogP contribution in [0.5, 0.6) is 0 Å². The van der Waals surface area contributed by atoms with E-state index >= 15 is 0 Å². The summed E-state index contributed by atoms with van der Waals surface area (Å²) in [6.45, 7) is 4.02. The molecule has 0 unspecified atom stereocenters. The molecule has 1 aromatic heterocycles. The van der Waals surface area contributed by atoms with Gasteiger partial charge in [-0.1, -0.05) is 24.3 Å². The second kappa shape index (κ2) is 5.97. The van der Waals surface area contributed by atoms with Crippen molar-refractivity contribution >= 4 is 38.4 Å². The molecular formula is C18H17BrN2O. The van der Waals surface area contributed by atoms with Crippen molar-refractivity contribution < 1.29 is 4.79 Å². The molecule has 0 aliphatic rings. The Balaban J connectivity index is 1.83. The minimum Gasteiger partial charge on any atom is -0.358 e. The molecule has 3 nitrogen and oxygen atoms in total. The highest BCUT2D eigenvalue weighted by Gasteiger charge is 2.13. The molecule has 3 rings (SSSR count). The third kappa shape index (κ3) is 2.92. The fourth-order valence-corrected chi connectivity index (χ4v) is 3.23. The van der Waals surface area contributed by atoms with Crippen LogP contribution >= 0.6 is 15.9 Å². The van der Waals surface area contributed by atoms with Gasteiger partial charge in [-0.2, -0.15) is 0 Å². The summed E-state index contributed by atoms with van der Waals surface area (Å²) in [4.78, 5) is 15.7. The molecule has 0 saturated carbocycles. The minimum absolute atomic E-state index is 0.0163. The topological polar surface area (TPSA) is 44.9 Å². The van der Waals surface area contributed by atoms with Crippen LogP contribution in [-0.2, 0) is 11.2 Å². The molecule has 1 amide bonds. The number of hydrogen-bond donors (Lipinski definition) is 2. The summed E-state index contributed by atoms with van der Waals surface area (Å²) in [6, 6.07) is 14.0. The summed E-state index contributed by atoms with van der Waals surface area (Å²) in [6.07, 6.45) is 0.357. The molecule has 112 valence electrons. The average Bonchev–Trinajstić information content (AvgIpc) is 2.78. The van der Waals surface area contributed by atoms with Crippen molar-refractivity contribution in [3.8, 4) is 0 Å². The number of anilines is 1. The summed E-state index contributed by atoms with van der Waals surface area (Å²) in [5, 5.41) is 4.08. The number of hydrogen-bond acceptors (Lipinski definition) is 1. The fourth-order valence-electron chi connectivity index (χ4n) is 2.64. The lowest BCUT2D eigenvalue weighted by molar-refractivity contribution is -0.115. The molecule has 0 aliphatic heterocycles. The molecule has 0 atom stereocenters. The Kier molecular flexibility index (Phi) is 4.03. The zero-order chi connectivity index (χ0) is 15.7. The maximum atomic E-state index is 12.4. The lowest BCUT2D eigenvalue weighted by Crippen LogP contribution is -2.15. The van der Waals surface area contributed by atoms with Crippen LogP contribution in [0.2, 0.25) is 0 Å². The molecule has 1 heterocycles. The van der Waals surface area contributed by atoms with E-state index in [1.54, 1.807) is 0 Å². The van der Waals surface area contributed by atoms with Crippen molar-refractivity contribution in [1.82, 2.24) is 4.98 Å². The van der Waals surface area contributed by atoms with Gasteiger partial charge in [-0.05, 0) is 59.1 Å². The molecule has 0 bridgehead atoms. The second-order valence-corrected chi connectivity index (χ2v) is 6.34. The van der Waals surface area contributed by atoms with Crippen LogP contribution < -0.4 is 5.32 Å². The van der Waals surface area contributed by atoms with Gasteiger partial charge in [0.05, 0.1) is 12.1 Å². The molecule has 0 spiro atoms. The largest absolute Gasteiger partial charge is 0.358 e.